The molecule has 2 rings (SSSR count). The van der Waals surface area contributed by atoms with Gasteiger partial charge in [-0.25, -0.2) is 0 Å². The van der Waals surface area contributed by atoms with Crippen molar-refractivity contribution in [3.8, 4) is 0 Å². The Balaban J connectivity index is 1.79. The normalized spacial score (nSPS) is 15.1. The Labute approximate surface area is 128 Å². The van der Waals surface area contributed by atoms with Gasteiger partial charge in [0.1, 0.15) is 0 Å². The quantitative estimate of drug-likeness (QED) is 0.481. The second-order valence-electron chi connectivity index (χ2n) is 6.95. The van der Waals surface area contributed by atoms with E-state index < -0.39 is 8.32 Å². The summed E-state index contributed by atoms with van der Waals surface area (Å²) in [5, 5.41) is 3.71. The lowest BCUT2D eigenvalue weighted by Crippen LogP contribution is -2.41. The largest absolute Gasteiger partial charge is 0.416 e. The molecule has 0 amide bonds. The molecule has 4 heteroatoms. The van der Waals surface area contributed by atoms with Crippen LogP contribution in [0.3, 0.4) is 0 Å². The first kappa shape index (κ1) is 15.9. The van der Waals surface area contributed by atoms with Crippen molar-refractivity contribution in [2.45, 2.75) is 50.2 Å². The molecular weight excluding hydrogens is 282 g/mol. The predicted molar refractivity (Wildman–Crippen MR) is 92.5 cm³/mol. The number of nitrogens with one attached hydrogen (secondary N) is 1. The van der Waals surface area contributed by atoms with Crippen molar-refractivity contribution in [2.24, 2.45) is 0 Å². The van der Waals surface area contributed by atoms with Gasteiger partial charge in [0.2, 0.25) is 0 Å². The standard InChI is InChI=1S/C16H27NOSSi/c1-16(2,3)20(4,5)18-10-11-19-14-6-7-15-13(12-14)8-9-17-15/h6-7,12,17H,8-11H2,1-5H3. The lowest BCUT2D eigenvalue weighted by atomic mass is 10.2. The van der Waals surface area contributed by atoms with Gasteiger partial charge >= 0.3 is 0 Å². The van der Waals surface area contributed by atoms with Crippen LogP contribution in [0, 0.1) is 0 Å². The van der Waals surface area contributed by atoms with Crippen LogP contribution in [0.4, 0.5) is 5.69 Å². The Morgan fingerprint density at radius 3 is 2.75 bits per heavy atom. The molecular formula is C16H27NOSSi. The molecule has 0 spiro atoms. The Morgan fingerprint density at radius 1 is 1.30 bits per heavy atom. The molecule has 0 aromatic heterocycles. The molecule has 112 valence electrons. The van der Waals surface area contributed by atoms with Crippen molar-refractivity contribution in [2.75, 3.05) is 24.2 Å². The van der Waals surface area contributed by atoms with E-state index in [4.69, 9.17) is 4.43 Å². The minimum atomic E-state index is -1.58. The van der Waals surface area contributed by atoms with Gasteiger partial charge in [-0.05, 0) is 48.3 Å². The number of rotatable bonds is 5. The van der Waals surface area contributed by atoms with Crippen LogP contribution < -0.4 is 5.32 Å². The van der Waals surface area contributed by atoms with Crippen molar-refractivity contribution in [1.29, 1.82) is 0 Å². The number of hydrogen-bond donors (Lipinski definition) is 1. The molecule has 0 aliphatic carbocycles. The highest BCUT2D eigenvalue weighted by Crippen LogP contribution is 2.36. The highest BCUT2D eigenvalue weighted by atomic mass is 32.2. The molecule has 0 atom stereocenters. The van der Waals surface area contributed by atoms with Crippen molar-refractivity contribution in [3.05, 3.63) is 23.8 Å². The summed E-state index contributed by atoms with van der Waals surface area (Å²) in [5.74, 6) is 1.04. The minimum absolute atomic E-state index is 0.302. The molecule has 1 N–H and O–H groups in total. The predicted octanol–water partition coefficient (Wildman–Crippen LogP) is 4.77. The Kier molecular flexibility index (Phi) is 4.87. The molecule has 0 radical (unpaired) electrons. The lowest BCUT2D eigenvalue weighted by molar-refractivity contribution is 0.311. The maximum atomic E-state index is 6.21. The van der Waals surface area contributed by atoms with Crippen LogP contribution in [0.1, 0.15) is 26.3 Å². The van der Waals surface area contributed by atoms with Crippen molar-refractivity contribution in [1.82, 2.24) is 0 Å². The first-order valence-electron chi connectivity index (χ1n) is 7.43. The molecule has 0 fully saturated rings. The molecule has 1 aromatic carbocycles. The van der Waals surface area contributed by atoms with E-state index >= 15 is 0 Å². The summed E-state index contributed by atoms with van der Waals surface area (Å²) in [6.07, 6.45) is 1.16. The first-order valence-corrected chi connectivity index (χ1v) is 11.3. The van der Waals surface area contributed by atoms with Gasteiger partial charge < -0.3 is 9.74 Å². The van der Waals surface area contributed by atoms with Gasteiger partial charge in [-0.1, -0.05) is 20.8 Å². The number of hydrogen-bond acceptors (Lipinski definition) is 3. The molecule has 0 saturated heterocycles. The molecule has 1 aromatic rings. The van der Waals surface area contributed by atoms with Crippen molar-refractivity contribution < 1.29 is 4.43 Å². The maximum Gasteiger partial charge on any atom is 0.192 e. The fraction of sp³-hybridized carbons (Fsp3) is 0.625. The van der Waals surface area contributed by atoms with Gasteiger partial charge in [0.05, 0.1) is 0 Å². The third-order valence-electron chi connectivity index (χ3n) is 4.41. The zero-order chi connectivity index (χ0) is 14.8. The van der Waals surface area contributed by atoms with Crippen LogP contribution in [0.2, 0.25) is 18.1 Å². The summed E-state index contributed by atoms with van der Waals surface area (Å²) in [6, 6.07) is 6.75. The fourth-order valence-corrected chi connectivity index (χ4v) is 4.03. The van der Waals surface area contributed by atoms with E-state index in [1.54, 1.807) is 0 Å². The Hall–Kier alpha value is -0.453. The van der Waals surface area contributed by atoms with E-state index in [0.717, 1.165) is 25.3 Å². The van der Waals surface area contributed by atoms with Gasteiger partial charge in [0.15, 0.2) is 8.32 Å². The molecule has 1 aliphatic rings. The molecule has 20 heavy (non-hydrogen) atoms. The van der Waals surface area contributed by atoms with Gasteiger partial charge in [-0.3, -0.25) is 0 Å². The second-order valence-corrected chi connectivity index (χ2v) is 12.9. The average Bonchev–Trinajstić information content (AvgIpc) is 2.80. The molecule has 0 saturated carbocycles. The summed E-state index contributed by atoms with van der Waals surface area (Å²) in [4.78, 5) is 1.37. The third kappa shape index (κ3) is 3.80. The van der Waals surface area contributed by atoms with Gasteiger partial charge in [-0.15, -0.1) is 11.8 Å². The summed E-state index contributed by atoms with van der Waals surface area (Å²) in [5.41, 5.74) is 2.77. The van der Waals surface area contributed by atoms with Crippen molar-refractivity contribution >= 4 is 25.8 Å². The zero-order valence-corrected chi connectivity index (χ0v) is 15.2. The number of benzene rings is 1. The van der Waals surface area contributed by atoms with E-state index in [1.807, 2.05) is 11.8 Å². The van der Waals surface area contributed by atoms with Crippen LogP contribution in [-0.4, -0.2) is 27.2 Å². The summed E-state index contributed by atoms with van der Waals surface area (Å²) in [6.45, 7) is 13.4. The van der Waals surface area contributed by atoms with E-state index in [0.29, 0.717) is 5.04 Å². The smallest absolute Gasteiger partial charge is 0.192 e. The van der Waals surface area contributed by atoms with E-state index in [-0.39, 0.29) is 0 Å². The second kappa shape index (κ2) is 6.12. The van der Waals surface area contributed by atoms with Crippen LogP contribution in [0.15, 0.2) is 23.1 Å². The minimum Gasteiger partial charge on any atom is -0.416 e. The van der Waals surface area contributed by atoms with E-state index in [1.165, 1.54) is 16.1 Å². The number of thioether (sulfide) groups is 1. The molecule has 0 bridgehead atoms. The van der Waals surface area contributed by atoms with Crippen LogP contribution in [0.5, 0.6) is 0 Å². The summed E-state index contributed by atoms with van der Waals surface area (Å²) >= 11 is 1.91. The number of fused-ring (bicyclic) bond motifs is 1. The lowest BCUT2D eigenvalue weighted by Gasteiger charge is -2.36. The van der Waals surface area contributed by atoms with Crippen molar-refractivity contribution in [3.63, 3.8) is 0 Å². The summed E-state index contributed by atoms with van der Waals surface area (Å²) in [7, 11) is -1.58. The monoisotopic (exact) mass is 309 g/mol. The third-order valence-corrected chi connectivity index (χ3v) is 9.90. The highest BCUT2D eigenvalue weighted by Gasteiger charge is 2.36. The summed E-state index contributed by atoms with van der Waals surface area (Å²) < 4.78 is 6.21. The molecule has 1 heterocycles. The van der Waals surface area contributed by atoms with Crippen LogP contribution in [0.25, 0.3) is 0 Å². The molecule has 2 nitrogen and oxygen atoms in total. The Bertz CT molecular complexity index is 468. The SMILES string of the molecule is CC(C)(C)[Si](C)(C)OCCSc1ccc2c(c1)CCN2. The molecule has 0 unspecified atom stereocenters. The van der Waals surface area contributed by atoms with Gasteiger partial charge in [0, 0.05) is 29.5 Å². The van der Waals surface area contributed by atoms with E-state index in [9.17, 15) is 0 Å². The Morgan fingerprint density at radius 2 is 2.05 bits per heavy atom. The maximum absolute atomic E-state index is 6.21. The zero-order valence-electron chi connectivity index (χ0n) is 13.4. The molecule has 1 aliphatic heterocycles. The topological polar surface area (TPSA) is 21.3 Å². The fourth-order valence-electron chi connectivity index (χ4n) is 2.04. The van der Waals surface area contributed by atoms with E-state index in [2.05, 4.69) is 57.4 Å². The van der Waals surface area contributed by atoms with Gasteiger partial charge in [-0.2, -0.15) is 0 Å². The van der Waals surface area contributed by atoms with Crippen LogP contribution in [-0.2, 0) is 10.8 Å². The van der Waals surface area contributed by atoms with Gasteiger partial charge in [0.25, 0.3) is 0 Å². The highest BCUT2D eigenvalue weighted by molar-refractivity contribution is 7.99. The van der Waals surface area contributed by atoms with Crippen LogP contribution >= 0.6 is 11.8 Å². The number of anilines is 1. The first-order chi connectivity index (χ1) is 9.29. The average molecular weight is 310 g/mol.